The summed E-state index contributed by atoms with van der Waals surface area (Å²) in [4.78, 5) is 0. The molecule has 2 aromatic heterocycles. The summed E-state index contributed by atoms with van der Waals surface area (Å²) >= 11 is 15.4. The maximum absolute atomic E-state index is 13.6. The first-order valence-corrected chi connectivity index (χ1v) is 11.7. The van der Waals surface area contributed by atoms with Crippen LogP contribution in [0.4, 0.5) is 15.9 Å². The molecule has 0 spiro atoms. The molecule has 0 aliphatic heterocycles. The van der Waals surface area contributed by atoms with Gasteiger partial charge in [0.1, 0.15) is 11.6 Å². The summed E-state index contributed by atoms with van der Waals surface area (Å²) in [6.07, 6.45) is 4.81. The van der Waals surface area contributed by atoms with Crippen LogP contribution in [0.1, 0.15) is 25.3 Å². The van der Waals surface area contributed by atoms with Crippen LogP contribution in [-0.2, 0) is 0 Å². The van der Waals surface area contributed by atoms with Gasteiger partial charge in [-0.25, -0.2) is 4.39 Å². The molecule has 5 rings (SSSR count). The van der Waals surface area contributed by atoms with Crippen LogP contribution in [0.5, 0.6) is 5.75 Å². The molecule has 4 aromatic rings. The van der Waals surface area contributed by atoms with Gasteiger partial charge in [0.25, 0.3) is 0 Å². The Morgan fingerprint density at radius 3 is 2.81 bits per heavy atom. The highest BCUT2D eigenvalue weighted by Gasteiger charge is 2.29. The summed E-state index contributed by atoms with van der Waals surface area (Å²) in [5, 5.41) is 13.8. The lowest BCUT2D eigenvalue weighted by Crippen LogP contribution is -1.99. The number of ether oxygens (including phenoxy) is 1. The zero-order valence-corrected chi connectivity index (χ0v) is 19.4. The second-order valence-corrected chi connectivity index (χ2v) is 9.14. The number of nitrogens with zero attached hydrogens (tertiary/aromatic N) is 3. The second-order valence-electron chi connectivity index (χ2n) is 7.50. The molecule has 2 aromatic carbocycles. The maximum atomic E-state index is 13.6. The van der Waals surface area contributed by atoms with Crippen molar-refractivity contribution in [2.45, 2.75) is 25.3 Å². The van der Waals surface area contributed by atoms with Gasteiger partial charge in [0, 0.05) is 23.0 Å². The zero-order valence-electron chi connectivity index (χ0n) is 16.3. The van der Waals surface area contributed by atoms with E-state index in [-0.39, 0.29) is 5.02 Å². The number of anilines is 2. The average Bonchev–Trinajstić information content (AvgIpc) is 3.53. The molecule has 5 nitrogen and oxygen atoms in total. The molecule has 1 saturated carbocycles. The van der Waals surface area contributed by atoms with Gasteiger partial charge in [-0.2, -0.15) is 5.10 Å². The third-order valence-corrected chi connectivity index (χ3v) is 6.48. The number of alkyl halides is 1. The van der Waals surface area contributed by atoms with Gasteiger partial charge in [0.15, 0.2) is 5.82 Å². The van der Waals surface area contributed by atoms with Gasteiger partial charge in [-0.05, 0) is 65.5 Å². The fourth-order valence-corrected chi connectivity index (χ4v) is 4.50. The Hall–Kier alpha value is -2.09. The van der Waals surface area contributed by atoms with Gasteiger partial charge in [-0.3, -0.25) is 0 Å². The van der Waals surface area contributed by atoms with E-state index in [1.807, 2.05) is 6.07 Å². The Morgan fingerprint density at radius 1 is 1.23 bits per heavy atom. The molecule has 0 radical (unpaired) electrons. The predicted molar refractivity (Wildman–Crippen MR) is 127 cm³/mol. The minimum atomic E-state index is -0.467. The van der Waals surface area contributed by atoms with Crippen LogP contribution in [0.15, 0.2) is 41.0 Å². The minimum Gasteiger partial charge on any atom is -0.492 e. The molecule has 2 heterocycles. The molecular weight excluding hydrogens is 506 g/mol. The van der Waals surface area contributed by atoms with Crippen LogP contribution in [0.3, 0.4) is 0 Å². The number of nitrogens with one attached hydrogen (secondary N) is 1. The molecule has 160 valence electrons. The van der Waals surface area contributed by atoms with Crippen LogP contribution in [-0.4, -0.2) is 27.3 Å². The summed E-state index contributed by atoms with van der Waals surface area (Å²) in [6.45, 7) is 0.536. The van der Waals surface area contributed by atoms with Crippen molar-refractivity contribution in [3.8, 4) is 5.75 Å². The van der Waals surface area contributed by atoms with Gasteiger partial charge < -0.3 is 14.6 Å². The Balaban J connectivity index is 1.68. The van der Waals surface area contributed by atoms with E-state index in [1.165, 1.54) is 12.1 Å². The lowest BCUT2D eigenvalue weighted by atomic mass is 10.2. The Labute approximate surface area is 196 Å². The first-order valence-electron chi connectivity index (χ1n) is 9.96. The number of fused-ring (bicyclic) bond motifs is 3. The lowest BCUT2D eigenvalue weighted by Gasteiger charge is -2.09. The number of benzene rings is 2. The minimum absolute atomic E-state index is 0.0458. The lowest BCUT2D eigenvalue weighted by molar-refractivity contribution is 0.317. The molecule has 1 aliphatic carbocycles. The van der Waals surface area contributed by atoms with Crippen molar-refractivity contribution < 1.29 is 9.13 Å². The standard InChI is InChI=1S/C22H18BrCl2FN4O/c23-15-10-18-14(9-20(15)31-7-1-6-24)21-19(30(18)13-3-4-13)11-27-29-22(21)28-12-2-5-17(26)16(25)8-12/h2,5,8-11,13H,1,3-4,6-7H2,(H,28,29). The highest BCUT2D eigenvalue weighted by atomic mass is 79.9. The van der Waals surface area contributed by atoms with Crippen molar-refractivity contribution in [3.63, 3.8) is 0 Å². The number of rotatable bonds is 7. The van der Waals surface area contributed by atoms with E-state index in [0.29, 0.717) is 30.0 Å². The van der Waals surface area contributed by atoms with Crippen LogP contribution < -0.4 is 10.1 Å². The number of hydrogen-bond donors (Lipinski definition) is 1. The second kappa shape index (κ2) is 8.45. The van der Waals surface area contributed by atoms with Crippen molar-refractivity contribution in [1.29, 1.82) is 0 Å². The van der Waals surface area contributed by atoms with Crippen molar-refractivity contribution in [2.75, 3.05) is 17.8 Å². The van der Waals surface area contributed by atoms with E-state index in [4.69, 9.17) is 27.9 Å². The van der Waals surface area contributed by atoms with E-state index < -0.39 is 5.82 Å². The summed E-state index contributed by atoms with van der Waals surface area (Å²) in [7, 11) is 0. The first kappa shape index (κ1) is 20.8. The third-order valence-electron chi connectivity index (χ3n) is 5.30. The van der Waals surface area contributed by atoms with Gasteiger partial charge in [0.2, 0.25) is 0 Å². The van der Waals surface area contributed by atoms with Crippen LogP contribution >= 0.6 is 39.1 Å². The van der Waals surface area contributed by atoms with Crippen molar-refractivity contribution in [2.24, 2.45) is 0 Å². The van der Waals surface area contributed by atoms with Crippen LogP contribution in [0, 0.1) is 5.82 Å². The normalized spacial score (nSPS) is 13.8. The highest BCUT2D eigenvalue weighted by molar-refractivity contribution is 9.10. The monoisotopic (exact) mass is 522 g/mol. The molecule has 9 heteroatoms. The Bertz CT molecular complexity index is 1290. The van der Waals surface area contributed by atoms with Crippen molar-refractivity contribution in [1.82, 2.24) is 14.8 Å². The van der Waals surface area contributed by atoms with Crippen LogP contribution in [0.25, 0.3) is 21.8 Å². The first-order chi connectivity index (χ1) is 15.1. The van der Waals surface area contributed by atoms with Crippen LogP contribution in [0.2, 0.25) is 5.02 Å². The summed E-state index contributed by atoms with van der Waals surface area (Å²) in [6, 6.07) is 9.04. The number of aromatic nitrogens is 3. The molecule has 0 bridgehead atoms. The molecule has 31 heavy (non-hydrogen) atoms. The molecule has 0 atom stereocenters. The van der Waals surface area contributed by atoms with E-state index in [0.717, 1.165) is 51.3 Å². The van der Waals surface area contributed by atoms with Crippen molar-refractivity contribution >= 4 is 72.4 Å². The van der Waals surface area contributed by atoms with Gasteiger partial charge in [0.05, 0.1) is 38.7 Å². The smallest absolute Gasteiger partial charge is 0.163 e. The highest BCUT2D eigenvalue weighted by Crippen LogP contribution is 2.46. The summed E-state index contributed by atoms with van der Waals surface area (Å²) in [5.41, 5.74) is 2.72. The molecule has 1 fully saturated rings. The van der Waals surface area contributed by atoms with E-state index >= 15 is 0 Å². The Kier molecular flexibility index (Phi) is 5.67. The zero-order chi connectivity index (χ0) is 21.5. The summed E-state index contributed by atoms with van der Waals surface area (Å²) < 4.78 is 22.7. The van der Waals surface area contributed by atoms with E-state index in [9.17, 15) is 4.39 Å². The molecule has 0 amide bonds. The molecular formula is C22H18BrCl2FN4O. The number of halogens is 4. The fraction of sp³-hybridized carbons (Fsp3) is 0.273. The van der Waals surface area contributed by atoms with Crippen molar-refractivity contribution in [3.05, 3.63) is 51.8 Å². The largest absolute Gasteiger partial charge is 0.492 e. The van der Waals surface area contributed by atoms with Gasteiger partial charge in [-0.15, -0.1) is 16.7 Å². The van der Waals surface area contributed by atoms with E-state index in [2.05, 4.69) is 42.1 Å². The fourth-order valence-electron chi connectivity index (χ4n) is 3.77. The predicted octanol–water partition coefficient (Wildman–Crippen LogP) is 7.23. The van der Waals surface area contributed by atoms with Gasteiger partial charge >= 0.3 is 0 Å². The number of hydrogen-bond acceptors (Lipinski definition) is 4. The van der Waals surface area contributed by atoms with Gasteiger partial charge in [-0.1, -0.05) is 11.6 Å². The third kappa shape index (κ3) is 3.95. The topological polar surface area (TPSA) is 52.0 Å². The van der Waals surface area contributed by atoms with E-state index in [1.54, 1.807) is 12.3 Å². The average molecular weight is 524 g/mol. The molecule has 1 N–H and O–H groups in total. The maximum Gasteiger partial charge on any atom is 0.163 e. The summed E-state index contributed by atoms with van der Waals surface area (Å²) in [5.74, 6) is 1.41. The quantitative estimate of drug-likeness (QED) is 0.205. The molecule has 0 unspecified atom stereocenters. The molecule has 0 saturated heterocycles. The molecule has 1 aliphatic rings. The Morgan fingerprint density at radius 2 is 2.06 bits per heavy atom. The SMILES string of the molecule is Fc1ccc(Nc2nncc3c2c2cc(OCCCCl)c(Br)cc2n3C2CC2)cc1Cl.